The summed E-state index contributed by atoms with van der Waals surface area (Å²) in [5.41, 5.74) is -1.52. The molecule has 1 saturated heterocycles. The molecule has 55 heavy (non-hydrogen) atoms. The lowest BCUT2D eigenvalue weighted by Crippen LogP contribution is -2.58. The molecule has 0 bridgehead atoms. The van der Waals surface area contributed by atoms with Crippen molar-refractivity contribution in [3.8, 4) is 0 Å². The van der Waals surface area contributed by atoms with Gasteiger partial charge in [0.05, 0.1) is 18.0 Å². The summed E-state index contributed by atoms with van der Waals surface area (Å²) in [4.78, 5) is 71.2. The third-order valence-corrected chi connectivity index (χ3v) is 11.7. The van der Waals surface area contributed by atoms with Crippen LogP contribution in [0.2, 0.25) is 5.02 Å². The van der Waals surface area contributed by atoms with E-state index in [1.807, 2.05) is 6.08 Å². The summed E-state index contributed by atoms with van der Waals surface area (Å²) in [6.45, 7) is 4.92. The van der Waals surface area contributed by atoms with E-state index in [2.05, 4.69) is 15.4 Å². The monoisotopic (exact) mass is 801 g/mol. The van der Waals surface area contributed by atoms with Gasteiger partial charge in [0.1, 0.15) is 35.1 Å². The molecule has 0 aromatic heterocycles. The summed E-state index contributed by atoms with van der Waals surface area (Å²) in [6.07, 6.45) is 3.81. The van der Waals surface area contributed by atoms with Gasteiger partial charge in [-0.15, -0.1) is 0 Å². The lowest BCUT2D eigenvalue weighted by molar-refractivity contribution is -0.141. The van der Waals surface area contributed by atoms with Gasteiger partial charge in [0.15, 0.2) is 0 Å². The van der Waals surface area contributed by atoms with Gasteiger partial charge < -0.3 is 25.0 Å². The Morgan fingerprint density at radius 1 is 1.04 bits per heavy atom. The summed E-state index contributed by atoms with van der Waals surface area (Å²) < 4.78 is 54.3. The third kappa shape index (κ3) is 9.23. The van der Waals surface area contributed by atoms with E-state index >= 15 is 0 Å². The highest BCUT2D eigenvalue weighted by atomic mass is 35.5. The van der Waals surface area contributed by atoms with E-state index in [0.717, 1.165) is 6.42 Å². The number of nitrogens with one attached hydrogen (secondary N) is 3. The molecular weight excluding hydrogens is 757 g/mol. The molecule has 2 aromatic carbocycles. The van der Waals surface area contributed by atoms with E-state index in [1.54, 1.807) is 39.0 Å². The van der Waals surface area contributed by atoms with E-state index in [0.29, 0.717) is 35.4 Å². The fourth-order valence-electron chi connectivity index (χ4n) is 7.23. The molecule has 2 aromatic rings. The molecule has 5 amide bonds. The number of benzene rings is 2. The Balaban J connectivity index is 1.26. The van der Waals surface area contributed by atoms with Crippen molar-refractivity contribution in [3.05, 3.63) is 76.6 Å². The fraction of sp³-hybridized carbons (Fsp3) is 0.500. The SMILES string of the molecule is CC(C)(C)OC(=O)N[C@H]1CCCCC/C=C\[C@@H]2C[C@@]2(C(=O)NS(=O)(=O)c2ccc(Cl)cc2)NC(=O)[C@@H]2C[C@@H](OC(=O)N3Cc4cccc(F)c4C3)CN2C1=O. The van der Waals surface area contributed by atoms with Crippen LogP contribution in [-0.2, 0) is 47.0 Å². The van der Waals surface area contributed by atoms with Gasteiger partial charge in [-0.3, -0.25) is 19.3 Å². The molecule has 0 unspecified atom stereocenters. The molecule has 1 saturated carbocycles. The number of hydrogen-bond acceptors (Lipinski definition) is 9. The highest BCUT2D eigenvalue weighted by molar-refractivity contribution is 7.90. The normalized spacial score (nSPS) is 26.3. The number of carbonyl (C=O) groups is 5. The van der Waals surface area contributed by atoms with Crippen LogP contribution in [0.5, 0.6) is 0 Å². The van der Waals surface area contributed by atoms with E-state index in [1.165, 1.54) is 40.1 Å². The van der Waals surface area contributed by atoms with Crippen molar-refractivity contribution in [1.29, 1.82) is 0 Å². The predicted octanol–water partition coefficient (Wildman–Crippen LogP) is 4.69. The topological polar surface area (TPSA) is 181 Å². The maximum absolute atomic E-state index is 14.4. The Bertz CT molecular complexity index is 1990. The zero-order valence-electron chi connectivity index (χ0n) is 30.8. The number of nitrogens with zero attached hydrogens (tertiary/aromatic N) is 2. The van der Waals surface area contributed by atoms with Crippen molar-refractivity contribution < 1.29 is 46.3 Å². The number of halogens is 2. The van der Waals surface area contributed by atoms with Crippen LogP contribution < -0.4 is 15.4 Å². The second-order valence-electron chi connectivity index (χ2n) is 15.4. The first-order chi connectivity index (χ1) is 26.0. The highest BCUT2D eigenvalue weighted by Crippen LogP contribution is 2.46. The van der Waals surface area contributed by atoms with E-state index in [-0.39, 0.29) is 43.8 Å². The summed E-state index contributed by atoms with van der Waals surface area (Å²) in [5, 5.41) is 5.72. The number of ether oxygens (including phenoxy) is 2. The Kier molecular flexibility index (Phi) is 11.5. The van der Waals surface area contributed by atoms with E-state index < -0.39 is 81.0 Å². The minimum Gasteiger partial charge on any atom is -0.444 e. The number of carbonyl (C=O) groups excluding carboxylic acids is 5. The van der Waals surface area contributed by atoms with Crippen LogP contribution >= 0.6 is 11.6 Å². The molecule has 1 aliphatic carbocycles. The summed E-state index contributed by atoms with van der Waals surface area (Å²) in [5.74, 6) is -3.36. The number of amides is 5. The summed E-state index contributed by atoms with van der Waals surface area (Å²) in [6, 6.07) is 7.42. The molecule has 0 spiro atoms. The molecule has 17 heteroatoms. The second kappa shape index (κ2) is 15.8. The number of fused-ring (bicyclic) bond motifs is 3. The molecule has 5 atom stereocenters. The third-order valence-electron chi connectivity index (χ3n) is 10.1. The van der Waals surface area contributed by atoms with Crippen LogP contribution in [0, 0.1) is 11.7 Å². The number of hydrogen-bond donors (Lipinski definition) is 3. The first-order valence-corrected chi connectivity index (χ1v) is 20.2. The minimum atomic E-state index is -4.37. The number of sulfonamides is 1. The smallest absolute Gasteiger partial charge is 0.410 e. The van der Waals surface area contributed by atoms with Crippen LogP contribution in [0.15, 0.2) is 59.5 Å². The van der Waals surface area contributed by atoms with Crippen LogP contribution in [-0.4, -0.2) is 84.0 Å². The van der Waals surface area contributed by atoms with Crippen molar-refractivity contribution in [2.75, 3.05) is 6.54 Å². The van der Waals surface area contributed by atoms with Crippen LogP contribution in [0.1, 0.15) is 76.8 Å². The average Bonchev–Trinajstić information content (AvgIpc) is 3.40. The number of allylic oxidation sites excluding steroid dienone is 1. The molecule has 3 heterocycles. The van der Waals surface area contributed by atoms with Crippen LogP contribution in [0.3, 0.4) is 0 Å². The Morgan fingerprint density at radius 3 is 2.49 bits per heavy atom. The van der Waals surface area contributed by atoms with Gasteiger partial charge in [-0.05, 0) is 82.3 Å². The molecule has 296 valence electrons. The molecule has 3 aliphatic heterocycles. The molecule has 4 aliphatic rings. The predicted molar refractivity (Wildman–Crippen MR) is 197 cm³/mol. The fourth-order valence-corrected chi connectivity index (χ4v) is 8.39. The number of rotatable bonds is 5. The van der Waals surface area contributed by atoms with Crippen molar-refractivity contribution in [1.82, 2.24) is 25.2 Å². The Hall–Kier alpha value is -4.70. The summed E-state index contributed by atoms with van der Waals surface area (Å²) in [7, 11) is -4.37. The van der Waals surface area contributed by atoms with E-state index in [9.17, 15) is 36.8 Å². The quantitative estimate of drug-likeness (QED) is 0.362. The first kappa shape index (κ1) is 40.0. The van der Waals surface area contributed by atoms with Gasteiger partial charge in [0.25, 0.3) is 15.9 Å². The molecule has 3 N–H and O–H groups in total. The van der Waals surface area contributed by atoms with E-state index in [4.69, 9.17) is 21.1 Å². The molecular formula is C38H45ClFN5O9S. The molecule has 2 fully saturated rings. The van der Waals surface area contributed by atoms with Gasteiger partial charge in [-0.1, -0.05) is 48.7 Å². The van der Waals surface area contributed by atoms with Gasteiger partial charge in [-0.25, -0.2) is 27.1 Å². The molecule has 6 rings (SSSR count). The first-order valence-electron chi connectivity index (χ1n) is 18.3. The van der Waals surface area contributed by atoms with Gasteiger partial charge in [0.2, 0.25) is 11.8 Å². The van der Waals surface area contributed by atoms with Gasteiger partial charge in [-0.2, -0.15) is 0 Å². The Labute approximate surface area is 324 Å². The zero-order valence-corrected chi connectivity index (χ0v) is 32.4. The second-order valence-corrected chi connectivity index (χ2v) is 17.5. The van der Waals surface area contributed by atoms with Crippen molar-refractivity contribution in [2.24, 2.45) is 5.92 Å². The largest absolute Gasteiger partial charge is 0.444 e. The maximum Gasteiger partial charge on any atom is 0.410 e. The average molecular weight is 802 g/mol. The van der Waals surface area contributed by atoms with Gasteiger partial charge in [0, 0.05) is 29.5 Å². The van der Waals surface area contributed by atoms with Crippen molar-refractivity contribution >= 4 is 51.5 Å². The van der Waals surface area contributed by atoms with Crippen LogP contribution in [0.4, 0.5) is 14.0 Å². The summed E-state index contributed by atoms with van der Waals surface area (Å²) >= 11 is 5.93. The molecule has 14 nitrogen and oxygen atoms in total. The Morgan fingerprint density at radius 2 is 1.78 bits per heavy atom. The van der Waals surface area contributed by atoms with Crippen molar-refractivity contribution in [2.45, 2.75) is 113 Å². The molecule has 0 radical (unpaired) electrons. The number of alkyl carbamates (subject to hydrolysis) is 1. The standard InChI is InChI=1S/C38H45ClFN5O9S/c1-37(2,3)54-35(49)41-30-13-8-6-4-5-7-11-24-19-38(24,34(48)43-55(51,52)27-16-14-25(39)15-17-27)42-32(46)31-18-26(21-45(31)33(30)47)53-36(50)44-20-23-10-9-12-29(40)28(23)22-44/h7,9-12,14-17,24,26,30-31H,4-6,8,13,18-22H2,1-3H3,(H,41,49)(H,42,46)(H,43,48)/b11-7-/t24-,26-,30+,31+,38-/m1/s1. The zero-order chi connectivity index (χ0) is 39.7. The van der Waals surface area contributed by atoms with Crippen molar-refractivity contribution in [3.63, 3.8) is 0 Å². The van der Waals surface area contributed by atoms with Gasteiger partial charge >= 0.3 is 12.2 Å². The minimum absolute atomic E-state index is 0.0204. The lowest BCUT2D eigenvalue weighted by atomic mass is 10.0. The highest BCUT2D eigenvalue weighted by Gasteiger charge is 2.61. The maximum atomic E-state index is 14.4. The lowest BCUT2D eigenvalue weighted by Gasteiger charge is -2.30. The van der Waals surface area contributed by atoms with Crippen LogP contribution in [0.25, 0.3) is 0 Å².